The lowest BCUT2D eigenvalue weighted by Gasteiger charge is -2.07. The molecular formula is C14H16N2O3S. The summed E-state index contributed by atoms with van der Waals surface area (Å²) in [6, 6.07) is 6.73. The highest BCUT2D eigenvalue weighted by Crippen LogP contribution is 2.28. The van der Waals surface area contributed by atoms with Gasteiger partial charge >= 0.3 is 12.0 Å². The van der Waals surface area contributed by atoms with E-state index in [1.165, 1.54) is 11.3 Å². The van der Waals surface area contributed by atoms with Crippen LogP contribution in [0.1, 0.15) is 29.4 Å². The first-order valence-electron chi connectivity index (χ1n) is 6.42. The van der Waals surface area contributed by atoms with Crippen LogP contribution in [0.3, 0.4) is 0 Å². The van der Waals surface area contributed by atoms with E-state index in [0.717, 1.165) is 22.9 Å². The van der Waals surface area contributed by atoms with Gasteiger partial charge in [-0.15, -0.1) is 11.3 Å². The molecule has 0 aliphatic heterocycles. The second-order valence-electron chi connectivity index (χ2n) is 4.40. The van der Waals surface area contributed by atoms with Crippen molar-refractivity contribution >= 4 is 39.1 Å². The molecule has 5 nitrogen and oxygen atoms in total. The van der Waals surface area contributed by atoms with Gasteiger partial charge in [-0.3, -0.25) is 0 Å². The lowest BCUT2D eigenvalue weighted by atomic mass is 10.2. The molecule has 0 aliphatic carbocycles. The highest BCUT2D eigenvalue weighted by molar-refractivity contribution is 7.20. The Kier molecular flexibility index (Phi) is 4.57. The summed E-state index contributed by atoms with van der Waals surface area (Å²) in [6.07, 6.45) is 1.97. The van der Waals surface area contributed by atoms with Crippen LogP contribution in [-0.2, 0) is 0 Å². The first-order chi connectivity index (χ1) is 9.60. The molecule has 0 saturated carbocycles. The molecule has 20 heavy (non-hydrogen) atoms. The van der Waals surface area contributed by atoms with Gasteiger partial charge in [-0.2, -0.15) is 0 Å². The SMILES string of the molecule is CCCCNC(=O)Nc1ccc2sc(C(=O)O)cc2c1. The lowest BCUT2D eigenvalue weighted by Crippen LogP contribution is -2.29. The van der Waals surface area contributed by atoms with Gasteiger partial charge in [0, 0.05) is 16.9 Å². The molecule has 0 radical (unpaired) electrons. The molecule has 0 spiro atoms. The zero-order valence-electron chi connectivity index (χ0n) is 11.1. The Labute approximate surface area is 120 Å². The maximum atomic E-state index is 11.6. The molecule has 2 aromatic rings. The molecule has 0 saturated heterocycles. The van der Waals surface area contributed by atoms with Crippen LogP contribution in [0.25, 0.3) is 10.1 Å². The molecule has 0 unspecified atom stereocenters. The van der Waals surface area contributed by atoms with Gasteiger partial charge in [0.25, 0.3) is 0 Å². The van der Waals surface area contributed by atoms with E-state index < -0.39 is 5.97 Å². The number of urea groups is 1. The normalized spacial score (nSPS) is 10.4. The number of hydrogen-bond acceptors (Lipinski definition) is 3. The average Bonchev–Trinajstić information content (AvgIpc) is 2.82. The summed E-state index contributed by atoms with van der Waals surface area (Å²) in [5.74, 6) is -0.932. The van der Waals surface area contributed by atoms with E-state index >= 15 is 0 Å². The van der Waals surface area contributed by atoms with Crippen molar-refractivity contribution in [1.29, 1.82) is 0 Å². The van der Waals surface area contributed by atoms with Crippen LogP contribution in [0.4, 0.5) is 10.5 Å². The van der Waals surface area contributed by atoms with Crippen LogP contribution >= 0.6 is 11.3 Å². The summed E-state index contributed by atoms with van der Waals surface area (Å²) < 4.78 is 0.888. The van der Waals surface area contributed by atoms with Crippen molar-refractivity contribution in [2.45, 2.75) is 19.8 Å². The van der Waals surface area contributed by atoms with Gasteiger partial charge in [0.2, 0.25) is 0 Å². The van der Waals surface area contributed by atoms with Crippen molar-refractivity contribution < 1.29 is 14.7 Å². The summed E-state index contributed by atoms with van der Waals surface area (Å²) in [4.78, 5) is 22.8. The molecule has 1 aromatic heterocycles. The highest BCUT2D eigenvalue weighted by Gasteiger charge is 2.09. The summed E-state index contributed by atoms with van der Waals surface area (Å²) in [6.45, 7) is 2.70. The van der Waals surface area contributed by atoms with Gasteiger partial charge < -0.3 is 15.7 Å². The summed E-state index contributed by atoms with van der Waals surface area (Å²) in [5, 5.41) is 15.3. The number of fused-ring (bicyclic) bond motifs is 1. The Bertz CT molecular complexity index is 636. The van der Waals surface area contributed by atoms with Crippen molar-refractivity contribution in [2.24, 2.45) is 0 Å². The number of nitrogens with one attached hydrogen (secondary N) is 2. The number of anilines is 1. The van der Waals surface area contributed by atoms with Crippen LogP contribution in [-0.4, -0.2) is 23.7 Å². The fourth-order valence-electron chi connectivity index (χ4n) is 1.78. The predicted octanol–water partition coefficient (Wildman–Crippen LogP) is 3.52. The van der Waals surface area contributed by atoms with Gasteiger partial charge in [0.15, 0.2) is 0 Å². The number of amides is 2. The Morgan fingerprint density at radius 3 is 2.80 bits per heavy atom. The van der Waals surface area contributed by atoms with E-state index in [1.54, 1.807) is 18.2 Å². The van der Waals surface area contributed by atoms with Crippen molar-refractivity contribution in [3.05, 3.63) is 29.1 Å². The molecule has 1 heterocycles. The van der Waals surface area contributed by atoms with E-state index in [-0.39, 0.29) is 6.03 Å². The molecule has 2 amide bonds. The number of aromatic carboxylic acids is 1. The van der Waals surface area contributed by atoms with Crippen LogP contribution < -0.4 is 10.6 Å². The molecule has 106 valence electrons. The fraction of sp³-hybridized carbons (Fsp3) is 0.286. The third kappa shape index (κ3) is 3.48. The number of carbonyl (C=O) groups excluding carboxylic acids is 1. The third-order valence-electron chi connectivity index (χ3n) is 2.80. The second-order valence-corrected chi connectivity index (χ2v) is 5.49. The van der Waals surface area contributed by atoms with Crippen molar-refractivity contribution in [3.63, 3.8) is 0 Å². The summed E-state index contributed by atoms with van der Waals surface area (Å²) >= 11 is 1.22. The number of carbonyl (C=O) groups is 2. The van der Waals surface area contributed by atoms with Crippen LogP contribution in [0.2, 0.25) is 0 Å². The smallest absolute Gasteiger partial charge is 0.345 e. The molecule has 2 rings (SSSR count). The Morgan fingerprint density at radius 1 is 1.30 bits per heavy atom. The maximum Gasteiger partial charge on any atom is 0.345 e. The maximum absolute atomic E-state index is 11.6. The van der Waals surface area contributed by atoms with E-state index in [0.29, 0.717) is 17.1 Å². The third-order valence-corrected chi connectivity index (χ3v) is 3.90. The standard InChI is InChI=1S/C14H16N2O3S/c1-2-3-6-15-14(19)16-10-4-5-11-9(7-10)8-12(20-11)13(17)18/h4-5,7-8H,2-3,6H2,1H3,(H,17,18)(H2,15,16,19). The molecule has 0 aliphatic rings. The Morgan fingerprint density at radius 2 is 2.10 bits per heavy atom. The number of carboxylic acids is 1. The monoisotopic (exact) mass is 292 g/mol. The minimum absolute atomic E-state index is 0.244. The molecule has 1 aromatic carbocycles. The van der Waals surface area contributed by atoms with Gasteiger partial charge in [-0.25, -0.2) is 9.59 Å². The van der Waals surface area contributed by atoms with E-state index in [2.05, 4.69) is 17.6 Å². The first kappa shape index (κ1) is 14.3. The number of rotatable bonds is 5. The number of carboxylic acid groups (broad SMARTS) is 1. The zero-order valence-corrected chi connectivity index (χ0v) is 11.9. The van der Waals surface area contributed by atoms with Crippen LogP contribution in [0, 0.1) is 0 Å². The van der Waals surface area contributed by atoms with Crippen molar-refractivity contribution in [3.8, 4) is 0 Å². The number of benzene rings is 1. The molecule has 0 atom stereocenters. The van der Waals surface area contributed by atoms with E-state index in [4.69, 9.17) is 5.11 Å². The Hall–Kier alpha value is -2.08. The molecule has 0 fully saturated rings. The predicted molar refractivity (Wildman–Crippen MR) is 80.7 cm³/mol. The number of unbranched alkanes of at least 4 members (excludes halogenated alkanes) is 1. The Balaban J connectivity index is 2.07. The van der Waals surface area contributed by atoms with Gasteiger partial charge in [-0.05, 0) is 36.1 Å². The lowest BCUT2D eigenvalue weighted by molar-refractivity contribution is 0.0702. The highest BCUT2D eigenvalue weighted by atomic mass is 32.1. The van der Waals surface area contributed by atoms with E-state index in [1.807, 2.05) is 6.07 Å². The van der Waals surface area contributed by atoms with E-state index in [9.17, 15) is 9.59 Å². The van der Waals surface area contributed by atoms with Gasteiger partial charge in [0.05, 0.1) is 0 Å². The van der Waals surface area contributed by atoms with Crippen LogP contribution in [0.5, 0.6) is 0 Å². The quantitative estimate of drug-likeness (QED) is 0.738. The summed E-state index contributed by atoms with van der Waals surface area (Å²) in [5.41, 5.74) is 0.654. The average molecular weight is 292 g/mol. The number of thiophene rings is 1. The van der Waals surface area contributed by atoms with Gasteiger partial charge in [-0.1, -0.05) is 13.3 Å². The summed E-state index contributed by atoms with van der Waals surface area (Å²) in [7, 11) is 0. The molecular weight excluding hydrogens is 276 g/mol. The fourth-order valence-corrected chi connectivity index (χ4v) is 2.66. The van der Waals surface area contributed by atoms with Crippen molar-refractivity contribution in [2.75, 3.05) is 11.9 Å². The van der Waals surface area contributed by atoms with Gasteiger partial charge in [0.1, 0.15) is 4.88 Å². The minimum Gasteiger partial charge on any atom is -0.477 e. The largest absolute Gasteiger partial charge is 0.477 e. The van der Waals surface area contributed by atoms with Crippen LogP contribution in [0.15, 0.2) is 24.3 Å². The number of hydrogen-bond donors (Lipinski definition) is 3. The molecule has 6 heteroatoms. The topological polar surface area (TPSA) is 78.4 Å². The molecule has 3 N–H and O–H groups in total. The first-order valence-corrected chi connectivity index (χ1v) is 7.23. The molecule has 0 bridgehead atoms. The second kappa shape index (κ2) is 6.38. The zero-order chi connectivity index (χ0) is 14.5. The van der Waals surface area contributed by atoms with Crippen molar-refractivity contribution in [1.82, 2.24) is 5.32 Å². The minimum atomic E-state index is -0.932.